The third-order valence-corrected chi connectivity index (χ3v) is 5.94. The first-order chi connectivity index (χ1) is 14.1. The van der Waals surface area contributed by atoms with E-state index in [4.69, 9.17) is 9.47 Å². The molecule has 2 aliphatic rings. The molecule has 1 N–H and O–H groups in total. The van der Waals surface area contributed by atoms with Gasteiger partial charge < -0.3 is 14.8 Å². The van der Waals surface area contributed by atoms with E-state index in [0.29, 0.717) is 24.6 Å². The minimum absolute atomic E-state index is 0.0598. The molecular formula is C22H26BrN3O3. The number of carbonyl (C=O) groups excluding carboxylic acids is 1. The van der Waals surface area contributed by atoms with E-state index >= 15 is 0 Å². The Morgan fingerprint density at radius 1 is 1.24 bits per heavy atom. The molecule has 0 bridgehead atoms. The van der Waals surface area contributed by atoms with Crippen molar-refractivity contribution >= 4 is 21.8 Å². The molecule has 0 saturated carbocycles. The molecule has 1 atom stereocenters. The summed E-state index contributed by atoms with van der Waals surface area (Å²) in [5.41, 5.74) is 1.76. The second-order valence-electron chi connectivity index (χ2n) is 7.85. The lowest BCUT2D eigenvalue weighted by Crippen LogP contribution is -2.45. The lowest BCUT2D eigenvalue weighted by atomic mass is 9.96. The summed E-state index contributed by atoms with van der Waals surface area (Å²) in [5, 5.41) is 3.05. The van der Waals surface area contributed by atoms with Crippen LogP contribution in [0.25, 0.3) is 0 Å². The smallest absolute Gasteiger partial charge is 0.252 e. The second kappa shape index (κ2) is 9.13. The third kappa shape index (κ3) is 5.28. The summed E-state index contributed by atoms with van der Waals surface area (Å²) in [5.74, 6) is 2.12. The molecule has 0 spiro atoms. The molecule has 1 aromatic heterocycles. The fourth-order valence-electron chi connectivity index (χ4n) is 3.85. The van der Waals surface area contributed by atoms with Crippen LogP contribution in [-0.2, 0) is 0 Å². The predicted molar refractivity (Wildman–Crippen MR) is 115 cm³/mol. The molecule has 2 aliphatic heterocycles. The Bertz CT molecular complexity index is 868. The summed E-state index contributed by atoms with van der Waals surface area (Å²) in [7, 11) is 0. The van der Waals surface area contributed by atoms with Crippen LogP contribution in [0.5, 0.6) is 11.5 Å². The molecule has 0 radical (unpaired) electrons. The Labute approximate surface area is 179 Å². The van der Waals surface area contributed by atoms with Crippen LogP contribution in [-0.4, -0.2) is 54.7 Å². The maximum atomic E-state index is 12.3. The number of hydrogen-bond acceptors (Lipinski definition) is 5. The van der Waals surface area contributed by atoms with Gasteiger partial charge in [-0.15, -0.1) is 0 Å². The van der Waals surface area contributed by atoms with Gasteiger partial charge in [0.25, 0.3) is 5.91 Å². The summed E-state index contributed by atoms with van der Waals surface area (Å²) in [6.45, 7) is 6.25. The molecule has 6 nitrogen and oxygen atoms in total. The molecule has 1 amide bonds. The number of pyridine rings is 1. The SMILES string of the molecule is Cc1ccc2c(c1)O[C@@H](CN1CCC(CNC(=O)c3cncc(Br)c3)CC1)CO2. The standard InChI is InChI=1S/C22H26BrN3O3/c1-15-2-3-20-21(8-15)29-19(14-28-20)13-26-6-4-16(5-7-26)10-25-22(27)17-9-18(23)12-24-11-17/h2-3,8-9,11-12,16,19H,4-7,10,13-14H2,1H3,(H,25,27)/t19-/m0/s1. The van der Waals surface area contributed by atoms with E-state index in [9.17, 15) is 4.79 Å². The van der Waals surface area contributed by atoms with E-state index in [1.165, 1.54) is 5.56 Å². The van der Waals surface area contributed by atoms with Gasteiger partial charge in [0, 0.05) is 30.0 Å². The Morgan fingerprint density at radius 3 is 2.86 bits per heavy atom. The van der Waals surface area contributed by atoms with Crippen molar-refractivity contribution in [3.05, 3.63) is 52.3 Å². The average Bonchev–Trinajstić information content (AvgIpc) is 2.73. The topological polar surface area (TPSA) is 63.7 Å². The zero-order valence-corrected chi connectivity index (χ0v) is 18.2. The van der Waals surface area contributed by atoms with Gasteiger partial charge in [-0.3, -0.25) is 14.7 Å². The van der Waals surface area contributed by atoms with Crippen molar-refractivity contribution in [2.24, 2.45) is 5.92 Å². The number of halogens is 1. The normalized spacial score (nSPS) is 19.7. The van der Waals surface area contributed by atoms with Crippen molar-refractivity contribution in [1.29, 1.82) is 0 Å². The minimum atomic E-state index is -0.0667. The monoisotopic (exact) mass is 459 g/mol. The summed E-state index contributed by atoms with van der Waals surface area (Å²) in [4.78, 5) is 18.8. The highest BCUT2D eigenvalue weighted by molar-refractivity contribution is 9.10. The Morgan fingerprint density at radius 2 is 2.07 bits per heavy atom. The van der Waals surface area contributed by atoms with Crippen molar-refractivity contribution in [2.45, 2.75) is 25.9 Å². The number of benzene rings is 1. The Kier molecular flexibility index (Phi) is 6.35. The first-order valence-corrected chi connectivity index (χ1v) is 10.9. The molecular weight excluding hydrogens is 434 g/mol. The lowest BCUT2D eigenvalue weighted by molar-refractivity contribution is 0.0476. The van der Waals surface area contributed by atoms with Gasteiger partial charge in [0.15, 0.2) is 11.5 Å². The van der Waals surface area contributed by atoms with Crippen LogP contribution >= 0.6 is 15.9 Å². The number of fused-ring (bicyclic) bond motifs is 1. The number of nitrogens with one attached hydrogen (secondary N) is 1. The zero-order valence-electron chi connectivity index (χ0n) is 16.6. The maximum absolute atomic E-state index is 12.3. The molecule has 29 heavy (non-hydrogen) atoms. The number of aromatic nitrogens is 1. The third-order valence-electron chi connectivity index (χ3n) is 5.50. The maximum Gasteiger partial charge on any atom is 0.252 e. The van der Waals surface area contributed by atoms with Crippen LogP contribution < -0.4 is 14.8 Å². The van der Waals surface area contributed by atoms with Crippen LogP contribution in [0.2, 0.25) is 0 Å². The highest BCUT2D eigenvalue weighted by atomic mass is 79.9. The summed E-state index contributed by atoms with van der Waals surface area (Å²) < 4.78 is 12.8. The molecule has 1 aromatic carbocycles. The second-order valence-corrected chi connectivity index (χ2v) is 8.76. The molecule has 0 unspecified atom stereocenters. The van der Waals surface area contributed by atoms with Crippen LogP contribution in [0.3, 0.4) is 0 Å². The van der Waals surface area contributed by atoms with E-state index in [1.54, 1.807) is 18.5 Å². The van der Waals surface area contributed by atoms with Gasteiger partial charge in [0.05, 0.1) is 5.56 Å². The first-order valence-electron chi connectivity index (χ1n) is 10.1. The Hall–Kier alpha value is -2.12. The first kappa shape index (κ1) is 20.2. The number of aryl methyl sites for hydroxylation is 1. The number of piperidine rings is 1. The fraction of sp³-hybridized carbons (Fsp3) is 0.455. The van der Waals surface area contributed by atoms with Gasteiger partial charge in [0.1, 0.15) is 12.7 Å². The van der Waals surface area contributed by atoms with Crippen LogP contribution in [0.4, 0.5) is 0 Å². The molecule has 154 valence electrons. The van der Waals surface area contributed by atoms with Gasteiger partial charge in [-0.05, 0) is 78.5 Å². The van der Waals surface area contributed by atoms with Gasteiger partial charge in [-0.2, -0.15) is 0 Å². The van der Waals surface area contributed by atoms with Crippen LogP contribution in [0.1, 0.15) is 28.8 Å². The Balaban J connectivity index is 1.20. The zero-order chi connectivity index (χ0) is 20.2. The number of likely N-dealkylation sites (tertiary alicyclic amines) is 1. The molecule has 2 aromatic rings. The van der Waals surface area contributed by atoms with Gasteiger partial charge >= 0.3 is 0 Å². The summed E-state index contributed by atoms with van der Waals surface area (Å²) in [6, 6.07) is 7.85. The molecule has 4 rings (SSSR count). The minimum Gasteiger partial charge on any atom is -0.486 e. The fourth-order valence-corrected chi connectivity index (χ4v) is 4.21. The number of amides is 1. The molecule has 0 aliphatic carbocycles. The van der Waals surface area contributed by atoms with Crippen molar-refractivity contribution in [1.82, 2.24) is 15.2 Å². The number of carbonyl (C=O) groups is 1. The molecule has 3 heterocycles. The molecule has 1 saturated heterocycles. The molecule has 1 fully saturated rings. The van der Waals surface area contributed by atoms with E-state index in [2.05, 4.69) is 38.1 Å². The van der Waals surface area contributed by atoms with Crippen LogP contribution in [0, 0.1) is 12.8 Å². The van der Waals surface area contributed by atoms with Crippen LogP contribution in [0.15, 0.2) is 41.1 Å². The summed E-state index contributed by atoms with van der Waals surface area (Å²) >= 11 is 3.35. The van der Waals surface area contributed by atoms with Gasteiger partial charge in [-0.25, -0.2) is 0 Å². The summed E-state index contributed by atoms with van der Waals surface area (Å²) in [6.07, 6.45) is 5.47. The number of rotatable bonds is 5. The van der Waals surface area contributed by atoms with Crippen molar-refractivity contribution in [3.8, 4) is 11.5 Å². The molecule has 7 heteroatoms. The quantitative estimate of drug-likeness (QED) is 0.741. The lowest BCUT2D eigenvalue weighted by Gasteiger charge is -2.35. The van der Waals surface area contributed by atoms with E-state index < -0.39 is 0 Å². The number of ether oxygens (including phenoxy) is 2. The highest BCUT2D eigenvalue weighted by Crippen LogP contribution is 2.32. The van der Waals surface area contributed by atoms with E-state index in [1.807, 2.05) is 18.2 Å². The highest BCUT2D eigenvalue weighted by Gasteiger charge is 2.26. The number of hydrogen-bond donors (Lipinski definition) is 1. The van der Waals surface area contributed by atoms with E-state index in [-0.39, 0.29) is 12.0 Å². The van der Waals surface area contributed by atoms with Crippen molar-refractivity contribution < 1.29 is 14.3 Å². The average molecular weight is 460 g/mol. The van der Waals surface area contributed by atoms with Gasteiger partial charge in [-0.1, -0.05) is 6.07 Å². The van der Waals surface area contributed by atoms with Crippen molar-refractivity contribution in [2.75, 3.05) is 32.8 Å². The van der Waals surface area contributed by atoms with Crippen molar-refractivity contribution in [3.63, 3.8) is 0 Å². The van der Waals surface area contributed by atoms with Gasteiger partial charge in [0.2, 0.25) is 0 Å². The predicted octanol–water partition coefficient (Wildman–Crippen LogP) is 3.43. The van der Waals surface area contributed by atoms with E-state index in [0.717, 1.165) is 48.4 Å². The largest absolute Gasteiger partial charge is 0.486 e. The number of nitrogens with zero attached hydrogens (tertiary/aromatic N) is 2.